The molecule has 0 aliphatic rings. The van der Waals surface area contributed by atoms with Crippen LogP contribution in [0.3, 0.4) is 0 Å². The highest BCUT2D eigenvalue weighted by atomic mass is 31.1. The van der Waals surface area contributed by atoms with Gasteiger partial charge in [0.25, 0.3) is 0 Å². The van der Waals surface area contributed by atoms with E-state index < -0.39 is 15.8 Å². The van der Waals surface area contributed by atoms with Crippen molar-refractivity contribution in [2.45, 2.75) is 27.7 Å². The highest BCUT2D eigenvalue weighted by Gasteiger charge is 2.23. The predicted molar refractivity (Wildman–Crippen MR) is 163 cm³/mol. The summed E-state index contributed by atoms with van der Waals surface area (Å²) < 4.78 is 0. The fraction of sp³-hybridized carbons (Fsp3) is 0.118. The standard InChI is InChI=1S/C34H32P2/c1-25-13-5-9-17-31(25)35(32-18-10-6-14-26(32)2)29-21-23-30(24-22-29)36(33-19-11-7-15-27(33)3)34-20-12-8-16-28(34)4/h5-24H,1-4H3. The lowest BCUT2D eigenvalue weighted by molar-refractivity contribution is 1.50. The number of rotatable bonds is 6. The molecule has 5 aromatic rings. The Morgan fingerprint density at radius 1 is 0.306 bits per heavy atom. The number of hydrogen-bond acceptors (Lipinski definition) is 0. The van der Waals surface area contributed by atoms with Crippen molar-refractivity contribution in [3.8, 4) is 0 Å². The Kier molecular flexibility index (Phi) is 7.48. The highest BCUT2D eigenvalue weighted by Crippen LogP contribution is 2.38. The maximum Gasteiger partial charge on any atom is -0.0122 e. The lowest BCUT2D eigenvalue weighted by Gasteiger charge is -2.25. The predicted octanol–water partition coefficient (Wildman–Crippen LogP) is 6.44. The van der Waals surface area contributed by atoms with E-state index in [4.69, 9.17) is 0 Å². The summed E-state index contributed by atoms with van der Waals surface area (Å²) in [6, 6.07) is 45.1. The first-order chi connectivity index (χ1) is 17.5. The van der Waals surface area contributed by atoms with Crippen molar-refractivity contribution in [1.29, 1.82) is 0 Å². The number of hydrogen-bond donors (Lipinski definition) is 0. The molecule has 0 unspecified atom stereocenters. The zero-order valence-electron chi connectivity index (χ0n) is 21.4. The normalized spacial score (nSPS) is 11.3. The molecular formula is C34H32P2. The molecule has 0 aromatic heterocycles. The molecule has 36 heavy (non-hydrogen) atoms. The fourth-order valence-corrected chi connectivity index (χ4v) is 10.00. The summed E-state index contributed by atoms with van der Waals surface area (Å²) in [5.41, 5.74) is 5.44. The lowest BCUT2D eigenvalue weighted by atomic mass is 10.2. The third kappa shape index (κ3) is 4.95. The Labute approximate surface area is 218 Å². The maximum atomic E-state index is 2.39. The van der Waals surface area contributed by atoms with Gasteiger partial charge in [0.05, 0.1) is 0 Å². The van der Waals surface area contributed by atoms with Crippen molar-refractivity contribution >= 4 is 47.7 Å². The van der Waals surface area contributed by atoms with Crippen LogP contribution in [0.4, 0.5) is 0 Å². The number of aryl methyl sites for hydroxylation is 4. The molecule has 0 saturated heterocycles. The van der Waals surface area contributed by atoms with Crippen LogP contribution in [-0.2, 0) is 0 Å². The summed E-state index contributed by atoms with van der Waals surface area (Å²) >= 11 is 0. The topological polar surface area (TPSA) is 0 Å². The molecule has 0 atom stereocenters. The molecule has 0 nitrogen and oxygen atoms in total. The van der Waals surface area contributed by atoms with Crippen LogP contribution in [-0.4, -0.2) is 0 Å². The molecule has 0 aliphatic heterocycles. The molecule has 0 radical (unpaired) electrons. The van der Waals surface area contributed by atoms with Gasteiger partial charge in [0, 0.05) is 0 Å². The monoisotopic (exact) mass is 502 g/mol. The SMILES string of the molecule is Cc1ccccc1P(c1ccc(P(c2ccccc2C)c2ccccc2C)cc1)c1ccccc1C. The molecule has 0 N–H and O–H groups in total. The van der Waals surface area contributed by atoms with E-state index in [-0.39, 0.29) is 0 Å². The van der Waals surface area contributed by atoms with Gasteiger partial charge in [-0.15, -0.1) is 0 Å². The molecule has 178 valence electrons. The molecule has 0 fully saturated rings. The van der Waals surface area contributed by atoms with E-state index in [9.17, 15) is 0 Å². The third-order valence-electron chi connectivity index (χ3n) is 6.79. The van der Waals surface area contributed by atoms with E-state index in [1.165, 1.54) is 54.1 Å². The van der Waals surface area contributed by atoms with Crippen LogP contribution in [0.5, 0.6) is 0 Å². The van der Waals surface area contributed by atoms with Gasteiger partial charge in [-0.05, 0) is 97.6 Å². The molecule has 5 rings (SSSR count). The van der Waals surface area contributed by atoms with Crippen LogP contribution >= 0.6 is 15.8 Å². The van der Waals surface area contributed by atoms with Crippen molar-refractivity contribution in [3.63, 3.8) is 0 Å². The Hall–Kier alpha value is -3.04. The Morgan fingerprint density at radius 3 is 0.750 bits per heavy atom. The molecular weight excluding hydrogens is 470 g/mol. The first-order valence-corrected chi connectivity index (χ1v) is 15.2. The molecule has 0 aliphatic carbocycles. The maximum absolute atomic E-state index is 2.39. The van der Waals surface area contributed by atoms with E-state index >= 15 is 0 Å². The van der Waals surface area contributed by atoms with Crippen molar-refractivity contribution in [3.05, 3.63) is 144 Å². The first-order valence-electron chi connectivity index (χ1n) is 12.5. The van der Waals surface area contributed by atoms with Crippen molar-refractivity contribution in [1.82, 2.24) is 0 Å². The van der Waals surface area contributed by atoms with Gasteiger partial charge in [-0.1, -0.05) is 121 Å². The van der Waals surface area contributed by atoms with Crippen molar-refractivity contribution in [2.24, 2.45) is 0 Å². The van der Waals surface area contributed by atoms with Crippen LogP contribution in [0.1, 0.15) is 22.3 Å². The summed E-state index contributed by atoms with van der Waals surface area (Å²) in [6.07, 6.45) is 0. The summed E-state index contributed by atoms with van der Waals surface area (Å²) in [6.45, 7) is 8.97. The average Bonchev–Trinajstić information content (AvgIpc) is 2.89. The minimum Gasteiger partial charge on any atom is -0.0620 e. The molecule has 0 bridgehead atoms. The van der Waals surface area contributed by atoms with Crippen LogP contribution in [0, 0.1) is 27.7 Å². The molecule has 0 amide bonds. The van der Waals surface area contributed by atoms with Gasteiger partial charge in [0.2, 0.25) is 0 Å². The lowest BCUT2D eigenvalue weighted by Crippen LogP contribution is -2.27. The van der Waals surface area contributed by atoms with Crippen molar-refractivity contribution in [2.75, 3.05) is 0 Å². The summed E-state index contributed by atoms with van der Waals surface area (Å²) in [5, 5.41) is 8.57. The zero-order valence-corrected chi connectivity index (χ0v) is 23.2. The minimum absolute atomic E-state index is 0.633. The van der Waals surface area contributed by atoms with Crippen LogP contribution in [0.2, 0.25) is 0 Å². The number of benzene rings is 5. The summed E-state index contributed by atoms with van der Waals surface area (Å²) in [7, 11) is -1.27. The average molecular weight is 503 g/mol. The van der Waals surface area contributed by atoms with Crippen LogP contribution in [0.25, 0.3) is 0 Å². The largest absolute Gasteiger partial charge is 0.0620 e. The summed E-state index contributed by atoms with van der Waals surface area (Å²) in [4.78, 5) is 0. The van der Waals surface area contributed by atoms with Crippen molar-refractivity contribution < 1.29 is 0 Å². The third-order valence-corrected chi connectivity index (χ3v) is 12.4. The van der Waals surface area contributed by atoms with Gasteiger partial charge in [-0.2, -0.15) is 0 Å². The van der Waals surface area contributed by atoms with Crippen LogP contribution < -0.4 is 31.8 Å². The van der Waals surface area contributed by atoms with E-state index in [0.717, 1.165) is 0 Å². The molecule has 0 spiro atoms. The van der Waals surface area contributed by atoms with E-state index in [2.05, 4.69) is 149 Å². The Bertz CT molecular complexity index is 1280. The molecule has 5 aromatic carbocycles. The Balaban J connectivity index is 1.64. The first kappa shape index (κ1) is 24.6. The van der Waals surface area contributed by atoms with Gasteiger partial charge in [0.15, 0.2) is 0 Å². The second-order valence-electron chi connectivity index (χ2n) is 9.33. The van der Waals surface area contributed by atoms with Gasteiger partial charge < -0.3 is 0 Å². The second-order valence-corrected chi connectivity index (χ2v) is 13.6. The molecule has 2 heteroatoms. The zero-order chi connectivity index (χ0) is 25.1. The fourth-order valence-electron chi connectivity index (χ4n) is 4.82. The quantitative estimate of drug-likeness (QED) is 0.235. The highest BCUT2D eigenvalue weighted by molar-refractivity contribution is 7.80. The summed E-state index contributed by atoms with van der Waals surface area (Å²) in [5.74, 6) is 0. The van der Waals surface area contributed by atoms with E-state index in [0.29, 0.717) is 0 Å². The smallest absolute Gasteiger partial charge is 0.0122 e. The van der Waals surface area contributed by atoms with Gasteiger partial charge in [-0.25, -0.2) is 0 Å². The second kappa shape index (κ2) is 10.9. The Morgan fingerprint density at radius 2 is 0.528 bits per heavy atom. The van der Waals surface area contributed by atoms with Gasteiger partial charge in [-0.3, -0.25) is 0 Å². The molecule has 0 heterocycles. The van der Waals surface area contributed by atoms with Gasteiger partial charge in [0.1, 0.15) is 0 Å². The minimum atomic E-state index is -0.633. The van der Waals surface area contributed by atoms with E-state index in [1.807, 2.05) is 0 Å². The van der Waals surface area contributed by atoms with Gasteiger partial charge >= 0.3 is 0 Å². The molecule has 0 saturated carbocycles. The van der Waals surface area contributed by atoms with E-state index in [1.54, 1.807) is 0 Å². The van der Waals surface area contributed by atoms with Crippen LogP contribution in [0.15, 0.2) is 121 Å².